The van der Waals surface area contributed by atoms with Gasteiger partial charge < -0.3 is 19.5 Å². The van der Waals surface area contributed by atoms with Crippen molar-refractivity contribution >= 4 is 5.95 Å². The zero-order valence-electron chi connectivity index (χ0n) is 11.3. The van der Waals surface area contributed by atoms with Crippen LogP contribution in [0.15, 0.2) is 12.4 Å². The van der Waals surface area contributed by atoms with Crippen LogP contribution in [0.4, 0.5) is 5.95 Å². The molecule has 0 fully saturated rings. The van der Waals surface area contributed by atoms with E-state index in [-0.39, 0.29) is 0 Å². The Morgan fingerprint density at radius 3 is 2.94 bits per heavy atom. The van der Waals surface area contributed by atoms with E-state index in [1.54, 1.807) is 7.11 Å². The summed E-state index contributed by atoms with van der Waals surface area (Å²) < 4.78 is 7.18. The van der Waals surface area contributed by atoms with E-state index >= 15 is 0 Å². The molecule has 0 saturated heterocycles. The molecule has 98 valence electrons. The number of ether oxygens (including phenoxy) is 1. The molecule has 0 aliphatic rings. The Kier molecular flexibility index (Phi) is 6.00. The summed E-state index contributed by atoms with van der Waals surface area (Å²) in [6, 6.07) is 0.383. The molecule has 0 saturated carbocycles. The van der Waals surface area contributed by atoms with Crippen LogP contribution >= 0.6 is 0 Å². The van der Waals surface area contributed by atoms with E-state index in [0.29, 0.717) is 6.04 Å². The summed E-state index contributed by atoms with van der Waals surface area (Å²) in [4.78, 5) is 6.50. The molecule has 0 aliphatic heterocycles. The van der Waals surface area contributed by atoms with Gasteiger partial charge in [-0.05, 0) is 27.4 Å². The van der Waals surface area contributed by atoms with Gasteiger partial charge in [-0.25, -0.2) is 4.98 Å². The minimum Gasteiger partial charge on any atom is -0.385 e. The van der Waals surface area contributed by atoms with Crippen LogP contribution in [0.2, 0.25) is 0 Å². The fourth-order valence-corrected chi connectivity index (χ4v) is 1.82. The highest BCUT2D eigenvalue weighted by atomic mass is 16.5. The highest BCUT2D eigenvalue weighted by molar-refractivity contribution is 5.27. The summed E-state index contributed by atoms with van der Waals surface area (Å²) in [6.45, 7) is 4.87. The van der Waals surface area contributed by atoms with Gasteiger partial charge in [-0.15, -0.1) is 0 Å². The minimum atomic E-state index is 0.383. The lowest BCUT2D eigenvalue weighted by atomic mass is 10.3. The van der Waals surface area contributed by atoms with Crippen molar-refractivity contribution in [1.82, 2.24) is 14.5 Å². The summed E-state index contributed by atoms with van der Waals surface area (Å²) in [7, 11) is 5.87. The molecule has 0 radical (unpaired) electrons. The summed E-state index contributed by atoms with van der Waals surface area (Å²) >= 11 is 0. The van der Waals surface area contributed by atoms with Crippen molar-refractivity contribution in [3.63, 3.8) is 0 Å². The van der Waals surface area contributed by atoms with Gasteiger partial charge in [0.2, 0.25) is 5.95 Å². The first-order chi connectivity index (χ1) is 8.13. The summed E-state index contributed by atoms with van der Waals surface area (Å²) in [5.74, 6) is 0.940. The smallest absolute Gasteiger partial charge is 0.203 e. The number of likely N-dealkylation sites (N-methyl/N-ethyl adjacent to an activating group) is 1. The van der Waals surface area contributed by atoms with Crippen LogP contribution in [0, 0.1) is 0 Å². The molecule has 5 nitrogen and oxygen atoms in total. The first-order valence-corrected chi connectivity index (χ1v) is 6.05. The SMILES string of the molecule is COCCCn1ccnc1NC(C)CN(C)C. The van der Waals surface area contributed by atoms with Crippen LogP contribution in [0.25, 0.3) is 0 Å². The third kappa shape index (κ3) is 5.19. The molecule has 1 N–H and O–H groups in total. The third-order valence-electron chi connectivity index (χ3n) is 2.48. The van der Waals surface area contributed by atoms with Crippen molar-refractivity contribution in [1.29, 1.82) is 0 Å². The lowest BCUT2D eigenvalue weighted by molar-refractivity contribution is 0.190. The van der Waals surface area contributed by atoms with Crippen LogP contribution in [-0.4, -0.2) is 54.8 Å². The summed E-state index contributed by atoms with van der Waals surface area (Å²) in [5.41, 5.74) is 0. The van der Waals surface area contributed by atoms with Crippen molar-refractivity contribution in [2.24, 2.45) is 0 Å². The molecular formula is C12H24N4O. The average molecular weight is 240 g/mol. The average Bonchev–Trinajstić information content (AvgIpc) is 2.65. The number of nitrogens with one attached hydrogen (secondary N) is 1. The number of nitrogens with zero attached hydrogens (tertiary/aromatic N) is 3. The maximum absolute atomic E-state index is 5.05. The maximum atomic E-state index is 5.05. The Hall–Kier alpha value is -1.07. The number of aryl methyl sites for hydroxylation is 1. The quantitative estimate of drug-likeness (QED) is 0.695. The lowest BCUT2D eigenvalue weighted by Crippen LogP contribution is -2.30. The van der Waals surface area contributed by atoms with Crippen LogP contribution in [0.1, 0.15) is 13.3 Å². The molecule has 1 aromatic rings. The topological polar surface area (TPSA) is 42.3 Å². The molecule has 1 atom stereocenters. The fraction of sp³-hybridized carbons (Fsp3) is 0.750. The number of aromatic nitrogens is 2. The van der Waals surface area contributed by atoms with E-state index in [9.17, 15) is 0 Å². The number of imidazole rings is 1. The molecule has 1 heterocycles. The van der Waals surface area contributed by atoms with Crippen molar-refractivity contribution in [2.75, 3.05) is 39.7 Å². The van der Waals surface area contributed by atoms with Gasteiger partial charge in [0.25, 0.3) is 0 Å². The second-order valence-electron chi connectivity index (χ2n) is 4.60. The van der Waals surface area contributed by atoms with E-state index in [0.717, 1.165) is 32.1 Å². The van der Waals surface area contributed by atoms with Crippen molar-refractivity contribution < 1.29 is 4.74 Å². The van der Waals surface area contributed by atoms with Gasteiger partial charge in [0.1, 0.15) is 0 Å². The Morgan fingerprint density at radius 2 is 2.29 bits per heavy atom. The number of anilines is 1. The Labute approximate surface area is 104 Å². The molecule has 1 rings (SSSR count). The van der Waals surface area contributed by atoms with Crippen molar-refractivity contribution in [2.45, 2.75) is 25.9 Å². The third-order valence-corrected chi connectivity index (χ3v) is 2.48. The molecule has 0 amide bonds. The molecule has 0 aromatic carbocycles. The molecule has 0 spiro atoms. The first-order valence-electron chi connectivity index (χ1n) is 6.05. The van der Waals surface area contributed by atoms with Crippen molar-refractivity contribution in [3.05, 3.63) is 12.4 Å². The largest absolute Gasteiger partial charge is 0.385 e. The van der Waals surface area contributed by atoms with Gasteiger partial charge in [-0.1, -0.05) is 0 Å². The number of rotatable bonds is 8. The highest BCUT2D eigenvalue weighted by Crippen LogP contribution is 2.07. The van der Waals surface area contributed by atoms with E-state index in [2.05, 4.69) is 40.8 Å². The van der Waals surface area contributed by atoms with E-state index in [1.807, 2.05) is 12.4 Å². The monoisotopic (exact) mass is 240 g/mol. The molecule has 1 unspecified atom stereocenters. The molecular weight excluding hydrogens is 216 g/mol. The standard InChI is InChI=1S/C12H24N4O/c1-11(10-15(2)3)14-12-13-6-8-16(12)7-5-9-17-4/h6,8,11H,5,7,9-10H2,1-4H3,(H,13,14). The van der Waals surface area contributed by atoms with Gasteiger partial charge in [-0.2, -0.15) is 0 Å². The Morgan fingerprint density at radius 1 is 1.53 bits per heavy atom. The van der Waals surface area contributed by atoms with Gasteiger partial charge in [0, 0.05) is 45.2 Å². The predicted octanol–water partition coefficient (Wildman–Crippen LogP) is 1.28. The van der Waals surface area contributed by atoms with Crippen LogP contribution in [-0.2, 0) is 11.3 Å². The van der Waals surface area contributed by atoms with Gasteiger partial charge in [0.15, 0.2) is 0 Å². The number of methoxy groups -OCH3 is 1. The van der Waals surface area contributed by atoms with Gasteiger partial charge in [0.05, 0.1) is 0 Å². The normalized spacial score (nSPS) is 13.0. The molecule has 0 bridgehead atoms. The highest BCUT2D eigenvalue weighted by Gasteiger charge is 2.07. The predicted molar refractivity (Wildman–Crippen MR) is 70.4 cm³/mol. The number of hydrogen-bond acceptors (Lipinski definition) is 4. The zero-order valence-corrected chi connectivity index (χ0v) is 11.3. The van der Waals surface area contributed by atoms with Crippen molar-refractivity contribution in [3.8, 4) is 0 Å². The molecule has 5 heteroatoms. The summed E-state index contributed by atoms with van der Waals surface area (Å²) in [5, 5.41) is 3.42. The van der Waals surface area contributed by atoms with Gasteiger partial charge >= 0.3 is 0 Å². The second-order valence-corrected chi connectivity index (χ2v) is 4.60. The second kappa shape index (κ2) is 7.29. The minimum absolute atomic E-state index is 0.383. The first kappa shape index (κ1) is 14.0. The van der Waals surface area contributed by atoms with E-state index in [4.69, 9.17) is 4.74 Å². The fourth-order valence-electron chi connectivity index (χ4n) is 1.82. The van der Waals surface area contributed by atoms with E-state index < -0.39 is 0 Å². The van der Waals surface area contributed by atoms with E-state index in [1.165, 1.54) is 0 Å². The van der Waals surface area contributed by atoms with Crippen LogP contribution in [0.3, 0.4) is 0 Å². The van der Waals surface area contributed by atoms with Gasteiger partial charge in [-0.3, -0.25) is 0 Å². The molecule has 1 aromatic heterocycles. The number of hydrogen-bond donors (Lipinski definition) is 1. The van der Waals surface area contributed by atoms with Crippen LogP contribution < -0.4 is 5.32 Å². The molecule has 17 heavy (non-hydrogen) atoms. The summed E-state index contributed by atoms with van der Waals surface area (Å²) in [6.07, 6.45) is 4.83. The Bertz CT molecular complexity index is 311. The molecule has 0 aliphatic carbocycles. The van der Waals surface area contributed by atoms with Crippen LogP contribution in [0.5, 0.6) is 0 Å². The zero-order chi connectivity index (χ0) is 12.7. The maximum Gasteiger partial charge on any atom is 0.203 e. The lowest BCUT2D eigenvalue weighted by Gasteiger charge is -2.19. The Balaban J connectivity index is 2.44.